The average Bonchev–Trinajstić information content (AvgIpc) is 3.16. The van der Waals surface area contributed by atoms with Gasteiger partial charge in [0, 0.05) is 6.42 Å². The number of aliphatic hydroxyl groups is 2. The molecule has 0 aromatic carbocycles. The van der Waals surface area contributed by atoms with Crippen molar-refractivity contribution in [3.63, 3.8) is 0 Å². The van der Waals surface area contributed by atoms with Gasteiger partial charge < -0.3 is 15.5 Å². The van der Waals surface area contributed by atoms with Crippen molar-refractivity contribution in [1.29, 1.82) is 0 Å². The van der Waals surface area contributed by atoms with Crippen molar-refractivity contribution in [2.24, 2.45) is 0 Å². The van der Waals surface area contributed by atoms with Crippen LogP contribution in [-0.4, -0.2) is 34.9 Å². The lowest BCUT2D eigenvalue weighted by Crippen LogP contribution is -2.45. The van der Waals surface area contributed by atoms with E-state index in [0.29, 0.717) is 6.42 Å². The molecule has 0 bridgehead atoms. The Kier molecular flexibility index (Phi) is 41.5. The summed E-state index contributed by atoms with van der Waals surface area (Å²) in [5, 5.41) is 22.9. The predicted molar refractivity (Wildman–Crippen MR) is 234 cm³/mol. The molecule has 0 aromatic heterocycles. The Hall–Kier alpha value is -2.69. The summed E-state index contributed by atoms with van der Waals surface area (Å²) in [5.74, 6) is -0.0851. The summed E-state index contributed by atoms with van der Waals surface area (Å²) in [5.41, 5.74) is 0. The molecule has 53 heavy (non-hydrogen) atoms. The van der Waals surface area contributed by atoms with Crippen molar-refractivity contribution in [2.75, 3.05) is 6.61 Å². The molecule has 0 aliphatic rings. The number of hydrogen-bond donors (Lipinski definition) is 3. The number of aliphatic hydroxyl groups excluding tert-OH is 2. The first-order chi connectivity index (χ1) is 26.2. The van der Waals surface area contributed by atoms with Crippen LogP contribution in [0.15, 0.2) is 97.2 Å². The van der Waals surface area contributed by atoms with Crippen molar-refractivity contribution < 1.29 is 15.0 Å². The Bertz CT molecular complexity index is 1010. The summed E-state index contributed by atoms with van der Waals surface area (Å²) in [6.07, 6.45) is 65.1. The minimum atomic E-state index is -0.868. The monoisotopic (exact) mass is 734 g/mol. The number of hydrogen-bond acceptors (Lipinski definition) is 3. The van der Waals surface area contributed by atoms with Gasteiger partial charge in [-0.3, -0.25) is 4.79 Å². The fourth-order valence-electron chi connectivity index (χ4n) is 5.96. The maximum Gasteiger partial charge on any atom is 0.220 e. The van der Waals surface area contributed by atoms with Gasteiger partial charge in [0.05, 0.1) is 18.8 Å². The smallest absolute Gasteiger partial charge is 0.220 e. The first kappa shape index (κ1) is 50.3. The lowest BCUT2D eigenvalue weighted by atomic mass is 10.0. The highest BCUT2D eigenvalue weighted by molar-refractivity contribution is 5.76. The van der Waals surface area contributed by atoms with E-state index in [-0.39, 0.29) is 12.5 Å². The number of unbranched alkanes of at least 4 members (excludes halogenated alkanes) is 17. The summed E-state index contributed by atoms with van der Waals surface area (Å²) >= 11 is 0. The number of carbonyl (C=O) groups is 1. The fraction of sp³-hybridized carbons (Fsp3) is 0.653. The van der Waals surface area contributed by atoms with E-state index >= 15 is 0 Å². The van der Waals surface area contributed by atoms with Crippen LogP contribution in [0.4, 0.5) is 0 Å². The largest absolute Gasteiger partial charge is 0.394 e. The molecule has 3 N–H and O–H groups in total. The lowest BCUT2D eigenvalue weighted by Gasteiger charge is -2.19. The topological polar surface area (TPSA) is 69.6 Å². The van der Waals surface area contributed by atoms with Crippen molar-refractivity contribution in [1.82, 2.24) is 5.32 Å². The molecule has 2 unspecified atom stereocenters. The van der Waals surface area contributed by atoms with E-state index in [9.17, 15) is 15.0 Å². The van der Waals surface area contributed by atoms with E-state index in [0.717, 1.165) is 77.0 Å². The van der Waals surface area contributed by atoms with Crippen LogP contribution in [0.2, 0.25) is 0 Å². The van der Waals surface area contributed by atoms with Crippen LogP contribution < -0.4 is 5.32 Å². The van der Waals surface area contributed by atoms with Gasteiger partial charge in [-0.15, -0.1) is 0 Å². The highest BCUT2D eigenvalue weighted by Gasteiger charge is 2.17. The molecule has 0 radical (unpaired) electrons. The second kappa shape index (κ2) is 43.7. The molecule has 0 fully saturated rings. The molecule has 4 heteroatoms. The van der Waals surface area contributed by atoms with Gasteiger partial charge >= 0.3 is 0 Å². The lowest BCUT2D eigenvalue weighted by molar-refractivity contribution is -0.123. The van der Waals surface area contributed by atoms with Crippen molar-refractivity contribution in [3.05, 3.63) is 97.2 Å². The van der Waals surface area contributed by atoms with Crippen molar-refractivity contribution >= 4 is 5.91 Å². The molecule has 0 rings (SSSR count). The first-order valence-electron chi connectivity index (χ1n) is 22.0. The number of carbonyl (C=O) groups excluding carboxylic acids is 1. The molecule has 0 aliphatic carbocycles. The zero-order chi connectivity index (χ0) is 38.6. The third kappa shape index (κ3) is 40.3. The zero-order valence-corrected chi connectivity index (χ0v) is 34.5. The Morgan fingerprint density at radius 1 is 0.472 bits per heavy atom. The molecular weight excluding hydrogens is 651 g/mol. The van der Waals surface area contributed by atoms with E-state index in [1.165, 1.54) is 89.9 Å². The summed E-state index contributed by atoms with van der Waals surface area (Å²) < 4.78 is 0. The summed E-state index contributed by atoms with van der Waals surface area (Å²) in [7, 11) is 0. The van der Waals surface area contributed by atoms with E-state index in [4.69, 9.17) is 0 Å². The predicted octanol–water partition coefficient (Wildman–Crippen LogP) is 13.8. The Morgan fingerprint density at radius 2 is 0.849 bits per heavy atom. The summed E-state index contributed by atoms with van der Waals surface area (Å²) in [6, 6.07) is -0.646. The molecule has 4 nitrogen and oxygen atoms in total. The molecule has 302 valence electrons. The van der Waals surface area contributed by atoms with Crippen LogP contribution >= 0.6 is 0 Å². The number of nitrogens with one attached hydrogen (secondary N) is 1. The van der Waals surface area contributed by atoms with Crippen LogP contribution in [-0.2, 0) is 4.79 Å². The second-order valence-electron chi connectivity index (χ2n) is 14.4. The molecular formula is C49H83NO3. The third-order valence-corrected chi connectivity index (χ3v) is 9.30. The maximum atomic E-state index is 12.4. The van der Waals surface area contributed by atoms with Gasteiger partial charge in [0.1, 0.15) is 0 Å². The van der Waals surface area contributed by atoms with Gasteiger partial charge in [0.2, 0.25) is 5.91 Å². The minimum absolute atomic E-state index is 0.0851. The standard InChI is InChI=1S/C49H83NO3/c1-3-5-7-9-11-13-15-17-18-19-20-21-22-23-24-25-26-27-28-29-30-31-32-33-35-37-39-41-43-45-49(53)50-47(46-51)48(52)44-42-40-38-36-34-16-14-12-10-8-6-4-2/h5,7,11,13,17-18,20-21,23-24,26-27,34,36,42,44,47-48,51-52H,3-4,6,8-10,12,14-16,19,22,25,28-33,35,37-41,43,45-46H2,1-2H3,(H,50,53)/b7-5-,13-11-,18-17-,21-20-,24-23-,27-26-,36-34+,44-42+. The molecule has 0 aromatic rings. The summed E-state index contributed by atoms with van der Waals surface area (Å²) in [4.78, 5) is 12.4. The molecule has 2 atom stereocenters. The molecule has 0 saturated carbocycles. The van der Waals surface area contributed by atoms with Gasteiger partial charge in [-0.05, 0) is 83.5 Å². The number of rotatable bonds is 38. The normalized spacial score (nSPS) is 14.0. The Labute approximate surface area is 328 Å². The SMILES string of the molecule is CC/C=C\C/C=C\C/C=C\C/C=C\C/C=C\C/C=C\CCCCCCCCCCCCC(=O)NC(CO)C(O)/C=C/CC/C=C/CCCCCCCC. The Morgan fingerprint density at radius 3 is 1.32 bits per heavy atom. The average molecular weight is 734 g/mol. The van der Waals surface area contributed by atoms with Crippen LogP contribution in [0.5, 0.6) is 0 Å². The van der Waals surface area contributed by atoms with Crippen LogP contribution in [0.1, 0.15) is 187 Å². The first-order valence-corrected chi connectivity index (χ1v) is 22.0. The quantitative estimate of drug-likeness (QED) is 0.0437. The van der Waals surface area contributed by atoms with Gasteiger partial charge in [0.25, 0.3) is 0 Å². The summed E-state index contributed by atoms with van der Waals surface area (Å²) in [6.45, 7) is 4.15. The zero-order valence-electron chi connectivity index (χ0n) is 34.5. The molecule has 1 amide bonds. The molecule has 0 saturated heterocycles. The minimum Gasteiger partial charge on any atom is -0.394 e. The van der Waals surface area contributed by atoms with Crippen LogP contribution in [0.3, 0.4) is 0 Å². The molecule has 0 aliphatic heterocycles. The van der Waals surface area contributed by atoms with Gasteiger partial charge in [-0.2, -0.15) is 0 Å². The Balaban J connectivity index is 3.63. The third-order valence-electron chi connectivity index (χ3n) is 9.30. The molecule has 0 spiro atoms. The van der Waals surface area contributed by atoms with E-state index in [2.05, 4.69) is 104 Å². The van der Waals surface area contributed by atoms with E-state index in [1.807, 2.05) is 6.08 Å². The van der Waals surface area contributed by atoms with Gasteiger partial charge in [-0.1, -0.05) is 195 Å². The second-order valence-corrected chi connectivity index (χ2v) is 14.4. The van der Waals surface area contributed by atoms with Gasteiger partial charge in [0.15, 0.2) is 0 Å². The van der Waals surface area contributed by atoms with E-state index < -0.39 is 12.1 Å². The molecule has 0 heterocycles. The fourth-order valence-corrected chi connectivity index (χ4v) is 5.96. The van der Waals surface area contributed by atoms with Crippen LogP contribution in [0, 0.1) is 0 Å². The number of amides is 1. The highest BCUT2D eigenvalue weighted by Crippen LogP contribution is 2.13. The van der Waals surface area contributed by atoms with Crippen molar-refractivity contribution in [2.45, 2.75) is 199 Å². The maximum absolute atomic E-state index is 12.4. The van der Waals surface area contributed by atoms with Crippen LogP contribution in [0.25, 0.3) is 0 Å². The van der Waals surface area contributed by atoms with E-state index in [1.54, 1.807) is 6.08 Å². The van der Waals surface area contributed by atoms with Gasteiger partial charge in [-0.25, -0.2) is 0 Å². The highest BCUT2D eigenvalue weighted by atomic mass is 16.3. The number of allylic oxidation sites excluding steroid dienone is 15. The van der Waals surface area contributed by atoms with Crippen molar-refractivity contribution in [3.8, 4) is 0 Å².